The maximum Gasteiger partial charge on any atom is 0.264 e. The number of rotatable bonds is 5. The average molecular weight is 351 g/mol. The molecule has 0 aromatic heterocycles. The molecule has 1 amide bonds. The molecule has 7 heteroatoms. The van der Waals surface area contributed by atoms with Crippen molar-refractivity contribution in [2.45, 2.75) is 6.61 Å². The highest BCUT2D eigenvalue weighted by molar-refractivity contribution is 7.80. The molecule has 0 fully saturated rings. The SMILES string of the molecule is O=C(COc1ccccc1Cl)NC(=S)Nc1cccc(CO)c1. The van der Waals surface area contributed by atoms with E-state index in [-0.39, 0.29) is 18.3 Å². The van der Waals surface area contributed by atoms with Gasteiger partial charge in [-0.1, -0.05) is 35.9 Å². The summed E-state index contributed by atoms with van der Waals surface area (Å²) in [4.78, 5) is 11.8. The van der Waals surface area contributed by atoms with Gasteiger partial charge < -0.3 is 15.2 Å². The Morgan fingerprint density at radius 3 is 2.74 bits per heavy atom. The third-order valence-corrected chi connectivity index (χ3v) is 3.33. The fourth-order valence-electron chi connectivity index (χ4n) is 1.78. The summed E-state index contributed by atoms with van der Waals surface area (Å²) in [6, 6.07) is 14.0. The van der Waals surface area contributed by atoms with E-state index in [1.807, 2.05) is 0 Å². The number of thiocarbonyl (C=S) groups is 1. The summed E-state index contributed by atoms with van der Waals surface area (Å²) < 4.78 is 5.32. The van der Waals surface area contributed by atoms with E-state index in [1.165, 1.54) is 0 Å². The first-order valence-electron chi connectivity index (χ1n) is 6.76. The maximum atomic E-state index is 11.8. The summed E-state index contributed by atoms with van der Waals surface area (Å²) in [5.74, 6) is 0.0274. The monoisotopic (exact) mass is 350 g/mol. The molecule has 3 N–H and O–H groups in total. The van der Waals surface area contributed by atoms with E-state index < -0.39 is 5.91 Å². The maximum absolute atomic E-state index is 11.8. The van der Waals surface area contributed by atoms with Crippen LogP contribution < -0.4 is 15.4 Å². The summed E-state index contributed by atoms with van der Waals surface area (Å²) in [6.45, 7) is -0.275. The number of nitrogens with one attached hydrogen (secondary N) is 2. The number of anilines is 1. The minimum Gasteiger partial charge on any atom is -0.482 e. The summed E-state index contributed by atoms with van der Waals surface area (Å²) in [7, 11) is 0. The van der Waals surface area contributed by atoms with E-state index in [0.717, 1.165) is 5.56 Å². The Balaban J connectivity index is 1.82. The molecule has 0 spiro atoms. The molecule has 0 unspecified atom stereocenters. The number of ether oxygens (including phenoxy) is 1. The van der Waals surface area contributed by atoms with Crippen molar-refractivity contribution in [2.24, 2.45) is 0 Å². The van der Waals surface area contributed by atoms with Gasteiger partial charge in [0.15, 0.2) is 11.7 Å². The van der Waals surface area contributed by atoms with Gasteiger partial charge in [-0.15, -0.1) is 0 Å². The Kier molecular flexibility index (Phi) is 6.34. The summed E-state index contributed by atoms with van der Waals surface area (Å²) in [6.07, 6.45) is 0. The molecule has 0 bridgehead atoms. The number of benzene rings is 2. The highest BCUT2D eigenvalue weighted by Crippen LogP contribution is 2.22. The molecular weight excluding hydrogens is 336 g/mol. The van der Waals surface area contributed by atoms with E-state index in [9.17, 15) is 4.79 Å². The predicted octanol–water partition coefficient (Wildman–Crippen LogP) is 2.72. The average Bonchev–Trinajstić information content (AvgIpc) is 2.54. The second-order valence-corrected chi connectivity index (χ2v) is 5.40. The molecule has 0 heterocycles. The van der Waals surface area contributed by atoms with Crippen LogP contribution in [-0.2, 0) is 11.4 Å². The van der Waals surface area contributed by atoms with Crippen molar-refractivity contribution in [2.75, 3.05) is 11.9 Å². The van der Waals surface area contributed by atoms with Gasteiger partial charge in [0, 0.05) is 5.69 Å². The van der Waals surface area contributed by atoms with Crippen LogP contribution in [-0.4, -0.2) is 22.7 Å². The number of carbonyl (C=O) groups excluding carboxylic acids is 1. The molecular formula is C16H15ClN2O3S. The molecule has 0 radical (unpaired) electrons. The van der Waals surface area contributed by atoms with Crippen LogP contribution >= 0.6 is 23.8 Å². The Bertz CT molecular complexity index is 709. The molecule has 0 atom stereocenters. The van der Waals surface area contributed by atoms with Crippen LogP contribution in [0.5, 0.6) is 5.75 Å². The summed E-state index contributed by atoms with van der Waals surface area (Å²) in [5, 5.41) is 15.0. The van der Waals surface area contributed by atoms with E-state index in [1.54, 1.807) is 48.5 Å². The van der Waals surface area contributed by atoms with E-state index in [0.29, 0.717) is 16.5 Å². The van der Waals surface area contributed by atoms with Crippen molar-refractivity contribution in [3.63, 3.8) is 0 Å². The van der Waals surface area contributed by atoms with Gasteiger partial charge in [-0.3, -0.25) is 10.1 Å². The lowest BCUT2D eigenvalue weighted by Gasteiger charge is -2.11. The second-order valence-electron chi connectivity index (χ2n) is 4.58. The first kappa shape index (κ1) is 17.2. The van der Waals surface area contributed by atoms with Crippen molar-refractivity contribution in [3.8, 4) is 5.75 Å². The number of aliphatic hydroxyl groups excluding tert-OH is 1. The number of aliphatic hydroxyl groups is 1. The molecule has 5 nitrogen and oxygen atoms in total. The Morgan fingerprint density at radius 2 is 2.00 bits per heavy atom. The fourth-order valence-corrected chi connectivity index (χ4v) is 2.20. The number of halogens is 1. The summed E-state index contributed by atoms with van der Waals surface area (Å²) in [5.41, 5.74) is 1.42. The first-order chi connectivity index (χ1) is 11.1. The van der Waals surface area contributed by atoms with Crippen LogP contribution in [0.2, 0.25) is 5.02 Å². The van der Waals surface area contributed by atoms with Gasteiger partial charge in [-0.25, -0.2) is 0 Å². The van der Waals surface area contributed by atoms with Crippen LogP contribution in [0.3, 0.4) is 0 Å². The molecule has 0 aliphatic carbocycles. The number of hydrogen-bond donors (Lipinski definition) is 3. The largest absolute Gasteiger partial charge is 0.482 e. The van der Waals surface area contributed by atoms with Gasteiger partial charge in [0.25, 0.3) is 5.91 Å². The Labute approximate surface area is 144 Å². The third-order valence-electron chi connectivity index (χ3n) is 2.82. The van der Waals surface area contributed by atoms with E-state index in [4.69, 9.17) is 33.7 Å². The van der Waals surface area contributed by atoms with E-state index >= 15 is 0 Å². The van der Waals surface area contributed by atoms with Gasteiger partial charge in [0.2, 0.25) is 0 Å². The van der Waals surface area contributed by atoms with Gasteiger partial charge in [-0.05, 0) is 42.0 Å². The van der Waals surface area contributed by atoms with Gasteiger partial charge in [-0.2, -0.15) is 0 Å². The smallest absolute Gasteiger partial charge is 0.264 e. The highest BCUT2D eigenvalue weighted by Gasteiger charge is 2.08. The van der Waals surface area contributed by atoms with Gasteiger partial charge >= 0.3 is 0 Å². The molecule has 2 rings (SSSR count). The molecule has 0 saturated heterocycles. The van der Waals surface area contributed by atoms with Crippen molar-refractivity contribution < 1.29 is 14.6 Å². The number of carbonyl (C=O) groups is 1. The van der Waals surface area contributed by atoms with Crippen molar-refractivity contribution in [3.05, 3.63) is 59.1 Å². The van der Waals surface area contributed by atoms with Crippen LogP contribution in [0.1, 0.15) is 5.56 Å². The van der Waals surface area contributed by atoms with Gasteiger partial charge in [0.05, 0.1) is 11.6 Å². The lowest BCUT2D eigenvalue weighted by Crippen LogP contribution is -2.37. The molecule has 2 aromatic carbocycles. The molecule has 23 heavy (non-hydrogen) atoms. The van der Waals surface area contributed by atoms with Gasteiger partial charge in [0.1, 0.15) is 5.75 Å². The highest BCUT2D eigenvalue weighted by atomic mass is 35.5. The zero-order valence-electron chi connectivity index (χ0n) is 12.1. The number of hydrogen-bond acceptors (Lipinski definition) is 4. The minimum atomic E-state index is -0.402. The second kappa shape index (κ2) is 8.47. The molecule has 120 valence electrons. The quantitative estimate of drug-likeness (QED) is 0.723. The number of amides is 1. The predicted molar refractivity (Wildman–Crippen MR) is 93.7 cm³/mol. The van der Waals surface area contributed by atoms with Crippen molar-refractivity contribution in [1.82, 2.24) is 5.32 Å². The van der Waals surface area contributed by atoms with Crippen LogP contribution in [0.4, 0.5) is 5.69 Å². The molecule has 2 aromatic rings. The van der Waals surface area contributed by atoms with Crippen LogP contribution in [0.25, 0.3) is 0 Å². The molecule has 0 aliphatic heterocycles. The van der Waals surface area contributed by atoms with Crippen LogP contribution in [0, 0.1) is 0 Å². The standard InChI is InChI=1S/C16H15ClN2O3S/c17-13-6-1-2-7-14(13)22-10-15(21)19-16(23)18-12-5-3-4-11(8-12)9-20/h1-8,20H,9-10H2,(H2,18,19,21,23). The third kappa shape index (κ3) is 5.52. The lowest BCUT2D eigenvalue weighted by molar-refractivity contribution is -0.121. The zero-order valence-corrected chi connectivity index (χ0v) is 13.7. The van der Waals surface area contributed by atoms with Crippen molar-refractivity contribution in [1.29, 1.82) is 0 Å². The summed E-state index contributed by atoms with van der Waals surface area (Å²) >= 11 is 11.0. The molecule has 0 saturated carbocycles. The minimum absolute atomic E-state index is 0.0691. The van der Waals surface area contributed by atoms with Crippen molar-refractivity contribution >= 4 is 40.5 Å². The fraction of sp³-hybridized carbons (Fsp3) is 0.125. The van der Waals surface area contributed by atoms with Crippen LogP contribution in [0.15, 0.2) is 48.5 Å². The zero-order chi connectivity index (χ0) is 16.7. The van der Waals surface area contributed by atoms with E-state index in [2.05, 4.69) is 10.6 Å². The first-order valence-corrected chi connectivity index (χ1v) is 7.55. The Morgan fingerprint density at radius 1 is 1.22 bits per heavy atom. The topological polar surface area (TPSA) is 70.6 Å². The Hall–Kier alpha value is -2.15. The molecule has 0 aliphatic rings. The number of para-hydroxylation sites is 1. The lowest BCUT2D eigenvalue weighted by atomic mass is 10.2. The normalized spacial score (nSPS) is 10.0.